The molecule has 1 saturated heterocycles. The molecule has 0 unspecified atom stereocenters. The van der Waals surface area contributed by atoms with Gasteiger partial charge in [-0.3, -0.25) is 0 Å². The van der Waals surface area contributed by atoms with Crippen LogP contribution in [0.15, 0.2) is 40.9 Å². The second-order valence-corrected chi connectivity index (χ2v) is 11.2. The molecule has 0 bridgehead atoms. The molecule has 4 nitrogen and oxygen atoms in total. The van der Waals surface area contributed by atoms with Crippen LogP contribution in [0.25, 0.3) is 0 Å². The lowest BCUT2D eigenvalue weighted by atomic mass is 9.78. The van der Waals surface area contributed by atoms with Crippen molar-refractivity contribution in [2.45, 2.75) is 64.6 Å². The summed E-state index contributed by atoms with van der Waals surface area (Å²) in [5.74, 6) is 1.87. The molecule has 3 fully saturated rings. The minimum absolute atomic E-state index is 0.256. The van der Waals surface area contributed by atoms with E-state index in [9.17, 15) is 8.78 Å². The minimum Gasteiger partial charge on any atom is -0.494 e. The van der Waals surface area contributed by atoms with Gasteiger partial charge >= 0.3 is 7.12 Å². The van der Waals surface area contributed by atoms with Crippen LogP contribution in [0, 0.1) is 23.5 Å². The lowest BCUT2D eigenvalue weighted by Gasteiger charge is -2.32. The number of rotatable bonds is 7. The van der Waals surface area contributed by atoms with Gasteiger partial charge in [0.15, 0.2) is 0 Å². The SMILES string of the molecule is CC1(C)OB(c2ccc(F)cc2OCC2CC2)OC1(C)C.Fc1ccc(Br)c(OCC2CC2)c1. The largest absolute Gasteiger partial charge is 0.498 e. The normalized spacial score (nSPS) is 20.5. The first kappa shape index (κ1) is 25.5. The van der Waals surface area contributed by atoms with Crippen LogP contribution in [-0.4, -0.2) is 31.5 Å². The molecule has 1 aliphatic heterocycles. The van der Waals surface area contributed by atoms with E-state index in [1.807, 2.05) is 27.7 Å². The Morgan fingerprint density at radius 3 is 1.82 bits per heavy atom. The second-order valence-electron chi connectivity index (χ2n) is 10.4. The number of ether oxygens (including phenoxy) is 2. The molecular weight excluding hydrogens is 505 g/mol. The van der Waals surface area contributed by atoms with Crippen molar-refractivity contribution in [1.82, 2.24) is 0 Å². The van der Waals surface area contributed by atoms with Gasteiger partial charge in [-0.25, -0.2) is 8.78 Å². The Labute approximate surface area is 209 Å². The van der Waals surface area contributed by atoms with E-state index < -0.39 is 18.3 Å². The Hall–Kier alpha value is -1.64. The first-order chi connectivity index (χ1) is 16.0. The van der Waals surface area contributed by atoms with Gasteiger partial charge in [-0.15, -0.1) is 0 Å². The van der Waals surface area contributed by atoms with Gasteiger partial charge in [-0.2, -0.15) is 0 Å². The van der Waals surface area contributed by atoms with Gasteiger partial charge in [-0.05, 0) is 99.3 Å². The van der Waals surface area contributed by atoms with E-state index in [0.29, 0.717) is 36.5 Å². The predicted octanol–water partition coefficient (Wildman–Crippen LogP) is 6.29. The van der Waals surface area contributed by atoms with E-state index in [0.717, 1.165) is 9.94 Å². The molecule has 0 aromatic heterocycles. The number of hydrogen-bond acceptors (Lipinski definition) is 4. The van der Waals surface area contributed by atoms with Crippen molar-refractivity contribution in [3.05, 3.63) is 52.5 Å². The first-order valence-corrected chi connectivity index (χ1v) is 12.7. The van der Waals surface area contributed by atoms with E-state index in [1.54, 1.807) is 12.1 Å². The van der Waals surface area contributed by atoms with Gasteiger partial charge in [0.05, 0.1) is 28.9 Å². The van der Waals surface area contributed by atoms with Crippen molar-refractivity contribution < 1.29 is 27.6 Å². The zero-order valence-electron chi connectivity index (χ0n) is 20.2. The lowest BCUT2D eigenvalue weighted by Crippen LogP contribution is -2.41. The summed E-state index contributed by atoms with van der Waals surface area (Å²) < 4.78 is 50.4. The van der Waals surface area contributed by atoms with Gasteiger partial charge < -0.3 is 18.8 Å². The summed E-state index contributed by atoms with van der Waals surface area (Å²) >= 11 is 3.31. The van der Waals surface area contributed by atoms with Gasteiger partial charge in [0.1, 0.15) is 23.1 Å². The Morgan fingerprint density at radius 1 is 0.824 bits per heavy atom. The average molecular weight is 537 g/mol. The van der Waals surface area contributed by atoms with E-state index in [1.165, 1.54) is 49.9 Å². The second kappa shape index (κ2) is 10.2. The monoisotopic (exact) mass is 536 g/mol. The van der Waals surface area contributed by atoms with Gasteiger partial charge in [-0.1, -0.05) is 6.07 Å². The maximum Gasteiger partial charge on any atom is 0.498 e. The van der Waals surface area contributed by atoms with Crippen LogP contribution < -0.4 is 14.9 Å². The minimum atomic E-state index is -0.523. The summed E-state index contributed by atoms with van der Waals surface area (Å²) in [6.45, 7) is 9.35. The molecule has 0 amide bonds. The summed E-state index contributed by atoms with van der Waals surface area (Å²) in [5, 5.41) is 0. The van der Waals surface area contributed by atoms with Crippen molar-refractivity contribution in [3.63, 3.8) is 0 Å². The van der Waals surface area contributed by atoms with Crippen LogP contribution in [0.5, 0.6) is 11.5 Å². The van der Waals surface area contributed by atoms with Crippen LogP contribution in [0.1, 0.15) is 53.4 Å². The molecule has 2 aromatic rings. The third-order valence-corrected chi connectivity index (χ3v) is 7.37. The van der Waals surface area contributed by atoms with Crippen LogP contribution in [-0.2, 0) is 9.31 Å². The van der Waals surface area contributed by atoms with Gasteiger partial charge in [0, 0.05) is 17.6 Å². The molecule has 0 N–H and O–H groups in total. The topological polar surface area (TPSA) is 36.9 Å². The maximum absolute atomic E-state index is 13.5. The van der Waals surface area contributed by atoms with E-state index >= 15 is 0 Å². The zero-order chi connectivity index (χ0) is 24.5. The molecule has 2 saturated carbocycles. The highest BCUT2D eigenvalue weighted by Crippen LogP contribution is 2.37. The molecular formula is C26H32BBrF2O4. The molecule has 34 heavy (non-hydrogen) atoms. The van der Waals surface area contributed by atoms with E-state index in [-0.39, 0.29) is 11.6 Å². The predicted molar refractivity (Wildman–Crippen MR) is 133 cm³/mol. The van der Waals surface area contributed by atoms with Gasteiger partial charge in [0.25, 0.3) is 0 Å². The van der Waals surface area contributed by atoms with Crippen molar-refractivity contribution in [2.24, 2.45) is 11.8 Å². The number of hydrogen-bond donors (Lipinski definition) is 0. The maximum atomic E-state index is 13.5. The van der Waals surface area contributed by atoms with Crippen LogP contribution in [0.3, 0.4) is 0 Å². The lowest BCUT2D eigenvalue weighted by molar-refractivity contribution is 0.00578. The summed E-state index contributed by atoms with van der Waals surface area (Å²) in [4.78, 5) is 0. The standard InChI is InChI=1S/C16H22BFO3.C10H10BrFO/c1-15(2)16(3,4)21-17(20-15)13-8-7-12(18)9-14(13)19-10-11-5-6-11;11-9-4-3-8(12)5-10(9)13-6-7-1-2-7/h7-9,11H,5-6,10H2,1-4H3;3-5,7H,1-2,6H2. The summed E-state index contributed by atoms with van der Waals surface area (Å²) in [6, 6.07) is 9.02. The molecule has 2 aliphatic carbocycles. The average Bonchev–Trinajstić information content (AvgIpc) is 3.67. The molecule has 8 heteroatoms. The van der Waals surface area contributed by atoms with Gasteiger partial charge in [0.2, 0.25) is 0 Å². The molecule has 3 aliphatic rings. The molecule has 0 spiro atoms. The molecule has 1 heterocycles. The highest BCUT2D eigenvalue weighted by Gasteiger charge is 2.52. The smallest absolute Gasteiger partial charge is 0.494 e. The summed E-state index contributed by atoms with van der Waals surface area (Å²) in [5.41, 5.74) is -0.0738. The van der Waals surface area contributed by atoms with Crippen molar-refractivity contribution in [2.75, 3.05) is 13.2 Å². The fraction of sp³-hybridized carbons (Fsp3) is 0.538. The molecule has 0 radical (unpaired) electrons. The molecule has 0 atom stereocenters. The van der Waals surface area contributed by atoms with E-state index in [2.05, 4.69) is 15.9 Å². The Kier molecular flexibility index (Phi) is 7.60. The quantitative estimate of drug-likeness (QED) is 0.390. The van der Waals surface area contributed by atoms with E-state index in [4.69, 9.17) is 18.8 Å². The fourth-order valence-electron chi connectivity index (χ4n) is 3.37. The Bertz CT molecular complexity index is 992. The first-order valence-electron chi connectivity index (χ1n) is 11.9. The highest BCUT2D eigenvalue weighted by atomic mass is 79.9. The van der Waals surface area contributed by atoms with Crippen LogP contribution >= 0.6 is 15.9 Å². The zero-order valence-corrected chi connectivity index (χ0v) is 21.8. The molecule has 5 rings (SSSR count). The third-order valence-electron chi connectivity index (χ3n) is 6.72. The van der Waals surface area contributed by atoms with Crippen molar-refractivity contribution in [3.8, 4) is 11.5 Å². The Morgan fingerprint density at radius 2 is 1.29 bits per heavy atom. The summed E-state index contributed by atoms with van der Waals surface area (Å²) in [7, 11) is -0.523. The number of halogens is 3. The summed E-state index contributed by atoms with van der Waals surface area (Å²) in [6.07, 6.45) is 4.88. The third kappa shape index (κ3) is 6.52. The molecule has 2 aromatic carbocycles. The van der Waals surface area contributed by atoms with Crippen molar-refractivity contribution >= 4 is 28.5 Å². The van der Waals surface area contributed by atoms with Crippen molar-refractivity contribution in [1.29, 1.82) is 0 Å². The Balaban J connectivity index is 0.000000180. The van der Waals surface area contributed by atoms with Crippen LogP contribution in [0.2, 0.25) is 0 Å². The number of benzene rings is 2. The van der Waals surface area contributed by atoms with Crippen LogP contribution in [0.4, 0.5) is 8.78 Å². The fourth-order valence-corrected chi connectivity index (χ4v) is 3.73. The molecule has 184 valence electrons. The highest BCUT2D eigenvalue weighted by molar-refractivity contribution is 9.10.